The average Bonchev–Trinajstić information content (AvgIpc) is 2.69. The SMILES string of the molecule is C/C=C/COc1ccc2cc(C3CCC4CC(C)CCC4C3)cc(F)c2c1F. The topological polar surface area (TPSA) is 9.23 Å². The molecule has 0 spiro atoms. The first-order valence-electron chi connectivity index (χ1n) is 10.7. The Morgan fingerprint density at radius 1 is 1.04 bits per heavy atom. The Kier molecular flexibility index (Phi) is 5.70. The zero-order chi connectivity index (χ0) is 19.7. The van der Waals surface area contributed by atoms with E-state index in [4.69, 9.17) is 4.74 Å². The molecule has 0 saturated heterocycles. The fraction of sp³-hybridized carbons (Fsp3) is 0.520. The smallest absolute Gasteiger partial charge is 0.175 e. The van der Waals surface area contributed by atoms with Crippen LogP contribution in [0.4, 0.5) is 8.78 Å². The molecule has 0 bridgehead atoms. The molecule has 2 fully saturated rings. The normalized spacial score (nSPS) is 27.9. The van der Waals surface area contributed by atoms with E-state index in [9.17, 15) is 8.78 Å². The highest BCUT2D eigenvalue weighted by Gasteiger charge is 2.35. The summed E-state index contributed by atoms with van der Waals surface area (Å²) in [7, 11) is 0. The van der Waals surface area contributed by atoms with Gasteiger partial charge in [0.1, 0.15) is 12.4 Å². The van der Waals surface area contributed by atoms with Crippen LogP contribution in [0.25, 0.3) is 10.8 Å². The van der Waals surface area contributed by atoms with Crippen LogP contribution in [-0.2, 0) is 0 Å². The summed E-state index contributed by atoms with van der Waals surface area (Å²) in [5.74, 6) is 1.89. The molecule has 2 saturated carbocycles. The summed E-state index contributed by atoms with van der Waals surface area (Å²) in [6.45, 7) is 4.52. The van der Waals surface area contributed by atoms with Gasteiger partial charge in [-0.1, -0.05) is 37.6 Å². The van der Waals surface area contributed by atoms with Gasteiger partial charge >= 0.3 is 0 Å². The van der Waals surface area contributed by atoms with Crippen molar-refractivity contribution >= 4 is 10.8 Å². The second-order valence-corrected chi connectivity index (χ2v) is 8.81. The Bertz CT molecular complexity index is 872. The van der Waals surface area contributed by atoms with Crippen LogP contribution in [0.3, 0.4) is 0 Å². The molecule has 0 aromatic heterocycles. The average molecular weight is 385 g/mol. The van der Waals surface area contributed by atoms with Gasteiger partial charge in [0.05, 0.1) is 5.39 Å². The zero-order valence-corrected chi connectivity index (χ0v) is 16.9. The van der Waals surface area contributed by atoms with Crippen molar-refractivity contribution in [1.82, 2.24) is 0 Å². The molecule has 28 heavy (non-hydrogen) atoms. The van der Waals surface area contributed by atoms with Gasteiger partial charge in [-0.15, -0.1) is 0 Å². The van der Waals surface area contributed by atoms with Crippen LogP contribution in [0, 0.1) is 29.4 Å². The maximum Gasteiger partial charge on any atom is 0.175 e. The number of allylic oxidation sites excluding steroid dienone is 1. The van der Waals surface area contributed by atoms with Crippen LogP contribution in [0.5, 0.6) is 5.75 Å². The number of rotatable bonds is 4. The van der Waals surface area contributed by atoms with Crippen LogP contribution in [0.15, 0.2) is 36.4 Å². The summed E-state index contributed by atoms with van der Waals surface area (Å²) >= 11 is 0. The molecule has 4 rings (SSSR count). The van der Waals surface area contributed by atoms with Crippen molar-refractivity contribution in [1.29, 1.82) is 0 Å². The number of ether oxygens (including phenoxy) is 1. The van der Waals surface area contributed by atoms with Crippen LogP contribution >= 0.6 is 0 Å². The lowest BCUT2D eigenvalue weighted by Crippen LogP contribution is -2.29. The van der Waals surface area contributed by atoms with Crippen molar-refractivity contribution in [3.63, 3.8) is 0 Å². The van der Waals surface area contributed by atoms with Gasteiger partial charge in [-0.25, -0.2) is 8.78 Å². The van der Waals surface area contributed by atoms with E-state index in [2.05, 4.69) is 6.92 Å². The van der Waals surface area contributed by atoms with Crippen molar-refractivity contribution in [3.05, 3.63) is 53.6 Å². The van der Waals surface area contributed by atoms with E-state index in [1.165, 1.54) is 25.7 Å². The van der Waals surface area contributed by atoms with Crippen molar-refractivity contribution in [2.45, 2.75) is 58.3 Å². The molecule has 4 atom stereocenters. The number of halogens is 2. The minimum absolute atomic E-state index is 0.0434. The van der Waals surface area contributed by atoms with E-state index in [0.29, 0.717) is 11.3 Å². The molecule has 2 aromatic carbocycles. The predicted molar refractivity (Wildman–Crippen MR) is 111 cm³/mol. The van der Waals surface area contributed by atoms with Gasteiger partial charge in [0.2, 0.25) is 0 Å². The molecule has 0 radical (unpaired) electrons. The minimum atomic E-state index is -0.601. The summed E-state index contributed by atoms with van der Waals surface area (Å²) < 4.78 is 35.1. The minimum Gasteiger partial charge on any atom is -0.486 e. The summed E-state index contributed by atoms with van der Waals surface area (Å²) in [5.41, 5.74) is 1.03. The van der Waals surface area contributed by atoms with E-state index < -0.39 is 11.6 Å². The van der Waals surface area contributed by atoms with Crippen LogP contribution in [0.2, 0.25) is 0 Å². The summed E-state index contributed by atoms with van der Waals surface area (Å²) in [5, 5.41) is 0.673. The first kappa shape index (κ1) is 19.4. The number of hydrogen-bond acceptors (Lipinski definition) is 1. The van der Waals surface area contributed by atoms with E-state index in [-0.39, 0.29) is 17.7 Å². The maximum atomic E-state index is 14.9. The highest BCUT2D eigenvalue weighted by Crippen LogP contribution is 2.48. The predicted octanol–water partition coefficient (Wildman–Crippen LogP) is 7.39. The van der Waals surface area contributed by atoms with Crippen LogP contribution in [-0.4, -0.2) is 6.61 Å². The Labute approximate surface area is 166 Å². The molecule has 1 nitrogen and oxygen atoms in total. The van der Waals surface area contributed by atoms with E-state index >= 15 is 0 Å². The van der Waals surface area contributed by atoms with Crippen molar-refractivity contribution in [3.8, 4) is 5.75 Å². The summed E-state index contributed by atoms with van der Waals surface area (Å²) in [6.07, 6.45) is 11.1. The van der Waals surface area contributed by atoms with Gasteiger partial charge in [-0.3, -0.25) is 0 Å². The Balaban J connectivity index is 1.58. The first-order chi connectivity index (χ1) is 13.6. The van der Waals surface area contributed by atoms with E-state index in [1.54, 1.807) is 24.3 Å². The van der Waals surface area contributed by atoms with E-state index in [1.807, 2.05) is 19.1 Å². The highest BCUT2D eigenvalue weighted by molar-refractivity contribution is 5.86. The molecule has 150 valence electrons. The largest absolute Gasteiger partial charge is 0.486 e. The quantitative estimate of drug-likeness (QED) is 0.499. The molecule has 0 heterocycles. The molecule has 0 aliphatic heterocycles. The lowest BCUT2D eigenvalue weighted by molar-refractivity contribution is 0.124. The molecular formula is C25H30F2O. The summed E-state index contributed by atoms with van der Waals surface area (Å²) in [6, 6.07) is 6.96. The zero-order valence-electron chi connectivity index (χ0n) is 16.9. The molecule has 3 heteroatoms. The van der Waals surface area contributed by atoms with Crippen molar-refractivity contribution < 1.29 is 13.5 Å². The lowest BCUT2D eigenvalue weighted by atomic mass is 9.64. The van der Waals surface area contributed by atoms with Crippen molar-refractivity contribution in [2.75, 3.05) is 6.61 Å². The third kappa shape index (κ3) is 3.81. The fourth-order valence-electron chi connectivity index (χ4n) is 5.38. The maximum absolute atomic E-state index is 14.9. The fourth-order valence-corrected chi connectivity index (χ4v) is 5.38. The molecule has 2 aromatic rings. The van der Waals surface area contributed by atoms with Gasteiger partial charge in [0, 0.05) is 0 Å². The molecule has 2 aliphatic rings. The second-order valence-electron chi connectivity index (χ2n) is 8.81. The first-order valence-corrected chi connectivity index (χ1v) is 10.7. The van der Waals surface area contributed by atoms with Gasteiger partial charge in [-0.2, -0.15) is 0 Å². The van der Waals surface area contributed by atoms with Gasteiger partial charge < -0.3 is 4.74 Å². The molecule has 4 unspecified atom stereocenters. The van der Waals surface area contributed by atoms with Gasteiger partial charge in [-0.05, 0) is 85.8 Å². The Morgan fingerprint density at radius 2 is 1.82 bits per heavy atom. The number of fused-ring (bicyclic) bond motifs is 2. The second kappa shape index (κ2) is 8.23. The third-order valence-electron chi connectivity index (χ3n) is 6.91. The molecular weight excluding hydrogens is 354 g/mol. The number of hydrogen-bond donors (Lipinski definition) is 0. The van der Waals surface area contributed by atoms with Crippen LogP contribution < -0.4 is 4.74 Å². The Morgan fingerprint density at radius 3 is 2.64 bits per heavy atom. The molecule has 0 N–H and O–H groups in total. The standard InChI is InChI=1S/C25H30F2O/c1-3-4-11-28-23-10-9-20-14-21(15-22(26)24(20)25(23)27)19-8-7-17-12-16(2)5-6-18(17)13-19/h3-4,9-10,14-19H,5-8,11-13H2,1-2H3/b4-3+. The molecule has 2 aliphatic carbocycles. The van der Waals surface area contributed by atoms with Gasteiger partial charge in [0.25, 0.3) is 0 Å². The number of benzene rings is 2. The monoisotopic (exact) mass is 384 g/mol. The molecule has 0 amide bonds. The van der Waals surface area contributed by atoms with Crippen molar-refractivity contribution in [2.24, 2.45) is 17.8 Å². The third-order valence-corrected chi connectivity index (χ3v) is 6.91. The Hall–Kier alpha value is -1.90. The lowest BCUT2D eigenvalue weighted by Gasteiger charge is -2.41. The highest BCUT2D eigenvalue weighted by atomic mass is 19.1. The van der Waals surface area contributed by atoms with Gasteiger partial charge in [0.15, 0.2) is 11.6 Å². The van der Waals surface area contributed by atoms with E-state index in [0.717, 1.165) is 36.2 Å². The van der Waals surface area contributed by atoms with Crippen LogP contribution in [0.1, 0.15) is 63.9 Å². The summed E-state index contributed by atoms with van der Waals surface area (Å²) in [4.78, 5) is 0.